The minimum Gasteiger partial charge on any atom is -0.490 e. The molecule has 47 heavy (non-hydrogen) atoms. The second kappa shape index (κ2) is 13.8. The quantitative estimate of drug-likeness (QED) is 0.372. The molecule has 6 atom stereocenters. The molecule has 2 aliphatic carbocycles. The van der Waals surface area contributed by atoms with E-state index in [9.17, 15) is 18.0 Å². The lowest BCUT2D eigenvalue weighted by atomic mass is 9.62. The van der Waals surface area contributed by atoms with E-state index < -0.39 is 38.1 Å². The van der Waals surface area contributed by atoms with E-state index in [1.807, 2.05) is 38.2 Å². The lowest BCUT2D eigenvalue weighted by molar-refractivity contribution is -0.130. The number of nitrogens with one attached hydrogen (secondary N) is 1. The van der Waals surface area contributed by atoms with Gasteiger partial charge in [0.25, 0.3) is 5.91 Å². The van der Waals surface area contributed by atoms with Gasteiger partial charge in [0.05, 0.1) is 29.6 Å². The van der Waals surface area contributed by atoms with Crippen molar-refractivity contribution in [1.29, 1.82) is 0 Å². The number of nitrogens with two attached hydrogens (primary N) is 1. The molecular formula is C36H48ClN3O6S. The summed E-state index contributed by atoms with van der Waals surface area (Å²) in [7, 11) is -2.39. The highest BCUT2D eigenvalue weighted by Gasteiger charge is 2.50. The number of primary amides is 1. The van der Waals surface area contributed by atoms with Crippen LogP contribution < -0.4 is 20.1 Å². The van der Waals surface area contributed by atoms with Crippen molar-refractivity contribution in [3.8, 4) is 5.75 Å². The van der Waals surface area contributed by atoms with Gasteiger partial charge in [-0.05, 0) is 106 Å². The zero-order valence-electron chi connectivity index (χ0n) is 27.9. The van der Waals surface area contributed by atoms with E-state index in [1.54, 1.807) is 32.2 Å². The fourth-order valence-corrected chi connectivity index (χ4v) is 9.17. The van der Waals surface area contributed by atoms with Gasteiger partial charge in [-0.15, -0.1) is 0 Å². The van der Waals surface area contributed by atoms with Crippen LogP contribution in [-0.4, -0.2) is 57.9 Å². The van der Waals surface area contributed by atoms with Gasteiger partial charge >= 0.3 is 0 Å². The number of rotatable bonds is 4. The summed E-state index contributed by atoms with van der Waals surface area (Å²) in [6, 6.07) is 5.10. The number of carbonyl (C=O) groups excluding carboxylic acids is 2. The van der Waals surface area contributed by atoms with E-state index in [0.29, 0.717) is 36.9 Å². The van der Waals surface area contributed by atoms with Gasteiger partial charge in [0, 0.05) is 36.2 Å². The van der Waals surface area contributed by atoms with Crippen LogP contribution >= 0.6 is 11.6 Å². The Labute approximate surface area is 284 Å². The Kier molecular flexibility index (Phi) is 10.3. The van der Waals surface area contributed by atoms with Gasteiger partial charge in [-0.1, -0.05) is 43.3 Å². The van der Waals surface area contributed by atoms with E-state index >= 15 is 0 Å². The minimum absolute atomic E-state index is 0.00539. The first-order valence-corrected chi connectivity index (χ1v) is 18.5. The SMILES string of the molecule is C=C1/C(=C\C(Cl)=C/C)CCC[C@]12COc1ccc3cc1N(C[C@@H]1CC[C@H]1[C@@](CC(N)=O)(OC)/C=C/C[C@H](C)[C@@H](C)S(=O)(=O)NC3=O)C2. The van der Waals surface area contributed by atoms with Gasteiger partial charge in [0.2, 0.25) is 15.9 Å². The van der Waals surface area contributed by atoms with Crippen molar-refractivity contribution in [2.75, 3.05) is 31.7 Å². The number of carbonyl (C=O) groups is 2. The molecule has 11 heteroatoms. The molecule has 2 aliphatic heterocycles. The number of sulfonamides is 1. The monoisotopic (exact) mass is 685 g/mol. The topological polar surface area (TPSA) is 128 Å². The maximum Gasteiger partial charge on any atom is 0.264 e. The van der Waals surface area contributed by atoms with Gasteiger partial charge in [-0.25, -0.2) is 13.1 Å². The predicted octanol–water partition coefficient (Wildman–Crippen LogP) is 6.01. The summed E-state index contributed by atoms with van der Waals surface area (Å²) in [5.74, 6) is -0.698. The molecule has 256 valence electrons. The van der Waals surface area contributed by atoms with Crippen LogP contribution in [0.3, 0.4) is 0 Å². The molecule has 2 bridgehead atoms. The predicted molar refractivity (Wildman–Crippen MR) is 186 cm³/mol. The molecule has 9 nitrogen and oxygen atoms in total. The van der Waals surface area contributed by atoms with Gasteiger partial charge in [0.15, 0.2) is 0 Å². The number of benzene rings is 1. The first-order chi connectivity index (χ1) is 22.2. The number of anilines is 1. The van der Waals surface area contributed by atoms with E-state index in [4.69, 9.17) is 26.8 Å². The Hall–Kier alpha value is -3.08. The van der Waals surface area contributed by atoms with Gasteiger partial charge in [-0.3, -0.25) is 9.59 Å². The third-order valence-corrected chi connectivity index (χ3v) is 13.3. The van der Waals surface area contributed by atoms with Crippen molar-refractivity contribution in [2.45, 2.75) is 76.6 Å². The molecule has 2 saturated carbocycles. The van der Waals surface area contributed by atoms with Crippen LogP contribution in [0.5, 0.6) is 5.75 Å². The Morgan fingerprint density at radius 1 is 1.30 bits per heavy atom. The molecule has 2 amide bonds. The molecule has 1 aromatic rings. The average Bonchev–Trinajstić information content (AvgIpc) is 3.16. The van der Waals surface area contributed by atoms with Crippen molar-refractivity contribution in [2.24, 2.45) is 28.9 Å². The second-order valence-electron chi connectivity index (χ2n) is 13.9. The molecule has 0 radical (unpaired) electrons. The molecule has 0 saturated heterocycles. The second-order valence-corrected chi connectivity index (χ2v) is 16.3. The Bertz CT molecular complexity index is 1620. The van der Waals surface area contributed by atoms with Crippen LogP contribution in [0.4, 0.5) is 5.69 Å². The third-order valence-electron chi connectivity index (χ3n) is 11.0. The van der Waals surface area contributed by atoms with Crippen LogP contribution in [0.15, 0.2) is 65.3 Å². The largest absolute Gasteiger partial charge is 0.490 e. The standard InChI is InChI=1S/C36H48ClN3O6S/c1-6-29(37)17-26-10-8-15-35(24(26)3)21-40-20-28-11-13-30(28)36(45-5,19-33(38)41)16-7-9-23(2)25(4)47(43,44)39-34(42)27-12-14-32(46-22-35)31(40)18-27/h6-7,12,14,16-18,23,25,28,30H,3,8-11,13,15,19-22H2,1-2,4-5H3,(H2,38,41)(H,39,42)/b16-7+,26-17-,29-6+/t23-,25+,28-,30+,35-,36+/m0/s1. The fourth-order valence-electron chi connectivity index (χ4n) is 7.76. The maximum atomic E-state index is 13.5. The molecule has 3 N–H and O–H groups in total. The number of allylic oxidation sites excluding steroid dienone is 5. The Morgan fingerprint density at radius 2 is 2.06 bits per heavy atom. The smallest absolute Gasteiger partial charge is 0.264 e. The van der Waals surface area contributed by atoms with E-state index in [0.717, 1.165) is 48.9 Å². The van der Waals surface area contributed by atoms with Gasteiger partial charge in [0.1, 0.15) is 5.75 Å². The first-order valence-electron chi connectivity index (χ1n) is 16.5. The van der Waals surface area contributed by atoms with Crippen LogP contribution in [-0.2, 0) is 19.6 Å². The van der Waals surface area contributed by atoms with Crippen LogP contribution in [0.2, 0.25) is 0 Å². The number of fused-ring (bicyclic) bond motifs is 2. The van der Waals surface area contributed by atoms with Crippen molar-refractivity contribution in [3.63, 3.8) is 0 Å². The van der Waals surface area contributed by atoms with E-state index in [-0.39, 0.29) is 29.7 Å². The molecule has 2 heterocycles. The highest BCUT2D eigenvalue weighted by atomic mass is 35.5. The summed E-state index contributed by atoms with van der Waals surface area (Å²) >= 11 is 6.45. The Morgan fingerprint density at radius 3 is 2.72 bits per heavy atom. The third kappa shape index (κ3) is 7.06. The molecule has 5 rings (SSSR count). The highest BCUT2D eigenvalue weighted by molar-refractivity contribution is 7.90. The molecule has 0 aromatic heterocycles. The van der Waals surface area contributed by atoms with Crippen molar-refractivity contribution < 1.29 is 27.5 Å². The number of hydrogen-bond donors (Lipinski definition) is 2. The van der Waals surface area contributed by atoms with E-state index in [2.05, 4.69) is 16.2 Å². The minimum atomic E-state index is -4.00. The highest BCUT2D eigenvalue weighted by Crippen LogP contribution is 2.51. The number of halogens is 1. The molecule has 2 fully saturated rings. The van der Waals surface area contributed by atoms with Crippen molar-refractivity contribution in [3.05, 3.63) is 70.8 Å². The number of hydrogen-bond acceptors (Lipinski definition) is 7. The number of nitrogens with zero attached hydrogens (tertiary/aromatic N) is 1. The van der Waals surface area contributed by atoms with Crippen molar-refractivity contribution in [1.82, 2.24) is 4.72 Å². The normalized spacial score (nSPS) is 34.4. The molecule has 1 spiro atoms. The lowest BCUT2D eigenvalue weighted by Crippen LogP contribution is -2.53. The summed E-state index contributed by atoms with van der Waals surface area (Å²) in [4.78, 5) is 28.2. The van der Waals surface area contributed by atoms with Gasteiger partial charge in [-0.2, -0.15) is 0 Å². The summed E-state index contributed by atoms with van der Waals surface area (Å²) in [5, 5.41) is -0.198. The zero-order valence-corrected chi connectivity index (χ0v) is 29.5. The van der Waals surface area contributed by atoms with E-state index in [1.165, 1.54) is 0 Å². The lowest BCUT2D eigenvalue weighted by Gasteiger charge is -2.50. The molecule has 1 aromatic carbocycles. The molecule has 0 unspecified atom stereocenters. The summed E-state index contributed by atoms with van der Waals surface area (Å²) < 4.78 is 41.7. The molecule has 4 aliphatic rings. The fraction of sp³-hybridized carbons (Fsp3) is 0.556. The van der Waals surface area contributed by atoms with Crippen LogP contribution in [0.25, 0.3) is 0 Å². The number of methoxy groups -OCH3 is 1. The number of amides is 2. The summed E-state index contributed by atoms with van der Waals surface area (Å²) in [6.45, 7) is 11.5. The van der Waals surface area contributed by atoms with Crippen LogP contribution in [0, 0.1) is 23.2 Å². The number of ether oxygens (including phenoxy) is 2. The summed E-state index contributed by atoms with van der Waals surface area (Å²) in [6.07, 6.45) is 12.6. The maximum absolute atomic E-state index is 13.5. The Balaban J connectivity index is 1.62. The first kappa shape index (κ1) is 35.2. The average molecular weight is 686 g/mol. The zero-order chi connectivity index (χ0) is 34.1. The van der Waals surface area contributed by atoms with Crippen LogP contribution in [0.1, 0.15) is 76.1 Å². The van der Waals surface area contributed by atoms with Crippen molar-refractivity contribution >= 4 is 39.1 Å². The summed E-state index contributed by atoms with van der Waals surface area (Å²) in [5.41, 5.74) is 7.49. The van der Waals surface area contributed by atoms with Gasteiger partial charge < -0.3 is 20.1 Å². The molecular weight excluding hydrogens is 638 g/mol.